The van der Waals surface area contributed by atoms with Crippen molar-refractivity contribution in [3.63, 3.8) is 0 Å². The van der Waals surface area contributed by atoms with Crippen LogP contribution in [0.25, 0.3) is 0 Å². The summed E-state index contributed by atoms with van der Waals surface area (Å²) in [4.78, 5) is 38.3. The smallest absolute Gasteiger partial charge is 0.257 e. The number of hydrogen-bond donors (Lipinski definition) is 2. The Morgan fingerprint density at radius 1 is 1.36 bits per heavy atom. The van der Waals surface area contributed by atoms with Crippen LogP contribution in [0.2, 0.25) is 0 Å². The first-order valence-corrected chi connectivity index (χ1v) is 8.93. The third kappa shape index (κ3) is 5.34. The van der Waals surface area contributed by atoms with Crippen molar-refractivity contribution in [1.29, 1.82) is 0 Å². The molecule has 0 aliphatic carbocycles. The fraction of sp³-hybridized carbons (Fsp3) is 0.611. The summed E-state index contributed by atoms with van der Waals surface area (Å²) in [5.41, 5.74) is 0.525. The molecule has 2 N–H and O–H groups in total. The van der Waals surface area contributed by atoms with Crippen LogP contribution in [-0.4, -0.2) is 48.3 Å². The molecule has 7 nitrogen and oxygen atoms in total. The van der Waals surface area contributed by atoms with Gasteiger partial charge in [0.15, 0.2) is 0 Å². The second-order valence-corrected chi connectivity index (χ2v) is 6.34. The second-order valence-electron chi connectivity index (χ2n) is 6.34. The Hall–Kier alpha value is -2.31. The highest BCUT2D eigenvalue weighted by atomic mass is 16.3. The first kappa shape index (κ1) is 19.0. The molecular formula is C18H27N3O4. The van der Waals surface area contributed by atoms with E-state index in [-0.39, 0.29) is 24.1 Å². The summed E-state index contributed by atoms with van der Waals surface area (Å²) in [5, 5.41) is 5.58. The van der Waals surface area contributed by atoms with Crippen LogP contribution >= 0.6 is 0 Å². The molecule has 0 spiro atoms. The van der Waals surface area contributed by atoms with Gasteiger partial charge in [0.1, 0.15) is 11.8 Å². The molecule has 7 heteroatoms. The number of carbonyl (C=O) groups is 3. The zero-order valence-electron chi connectivity index (χ0n) is 15.0. The molecule has 1 atom stereocenters. The maximum atomic E-state index is 12.6. The van der Waals surface area contributed by atoms with Gasteiger partial charge in [-0.05, 0) is 38.7 Å². The van der Waals surface area contributed by atoms with E-state index in [2.05, 4.69) is 10.6 Å². The average molecular weight is 349 g/mol. The van der Waals surface area contributed by atoms with Crippen molar-refractivity contribution in [2.75, 3.05) is 19.6 Å². The number of aryl methyl sites for hydroxylation is 1. The van der Waals surface area contributed by atoms with E-state index in [9.17, 15) is 14.4 Å². The van der Waals surface area contributed by atoms with Crippen molar-refractivity contribution in [2.24, 2.45) is 0 Å². The van der Waals surface area contributed by atoms with Gasteiger partial charge in [0, 0.05) is 26.1 Å². The minimum absolute atomic E-state index is 0.124. The van der Waals surface area contributed by atoms with Crippen LogP contribution in [0.4, 0.5) is 0 Å². The van der Waals surface area contributed by atoms with Gasteiger partial charge in [0.25, 0.3) is 5.91 Å². The summed E-state index contributed by atoms with van der Waals surface area (Å²) < 4.78 is 5.19. The van der Waals surface area contributed by atoms with Crippen LogP contribution in [0.15, 0.2) is 16.7 Å². The molecule has 138 valence electrons. The molecule has 25 heavy (non-hydrogen) atoms. The van der Waals surface area contributed by atoms with E-state index in [1.165, 1.54) is 6.26 Å². The largest absolute Gasteiger partial charge is 0.469 e. The van der Waals surface area contributed by atoms with E-state index in [1.807, 2.05) is 6.92 Å². The Morgan fingerprint density at radius 2 is 2.16 bits per heavy atom. The number of carbonyl (C=O) groups excluding carboxylic acids is 3. The minimum Gasteiger partial charge on any atom is -0.469 e. The van der Waals surface area contributed by atoms with Gasteiger partial charge in [-0.15, -0.1) is 0 Å². The monoisotopic (exact) mass is 349 g/mol. The standard InChI is InChI=1S/C18H27N3O4/c1-3-10-21(18(24)14-8-12-25-13(14)2)11-7-16(22)20-15-6-4-5-9-19-17(15)23/h8,12,15H,3-7,9-11H2,1-2H3,(H,19,23)(H,20,22). The van der Waals surface area contributed by atoms with Gasteiger partial charge in [-0.3, -0.25) is 14.4 Å². The molecule has 0 saturated carbocycles. The molecule has 0 bridgehead atoms. The van der Waals surface area contributed by atoms with Crippen LogP contribution < -0.4 is 10.6 Å². The van der Waals surface area contributed by atoms with Gasteiger partial charge in [-0.1, -0.05) is 6.92 Å². The Balaban J connectivity index is 1.89. The van der Waals surface area contributed by atoms with Crippen molar-refractivity contribution in [3.8, 4) is 0 Å². The summed E-state index contributed by atoms with van der Waals surface area (Å²) >= 11 is 0. The molecule has 1 aliphatic heterocycles. The summed E-state index contributed by atoms with van der Waals surface area (Å²) in [6, 6.07) is 1.18. The van der Waals surface area contributed by atoms with Crippen LogP contribution in [0.1, 0.15) is 55.1 Å². The molecule has 1 aromatic rings. The lowest BCUT2D eigenvalue weighted by Crippen LogP contribution is -2.46. The fourth-order valence-electron chi connectivity index (χ4n) is 2.94. The van der Waals surface area contributed by atoms with Gasteiger partial charge in [0.2, 0.25) is 11.8 Å². The van der Waals surface area contributed by atoms with E-state index < -0.39 is 6.04 Å². The summed E-state index contributed by atoms with van der Waals surface area (Å²) in [6.07, 6.45) is 4.96. The lowest BCUT2D eigenvalue weighted by molar-refractivity contribution is -0.128. The van der Waals surface area contributed by atoms with Gasteiger partial charge >= 0.3 is 0 Å². The summed E-state index contributed by atoms with van der Waals surface area (Å²) in [7, 11) is 0. The quantitative estimate of drug-likeness (QED) is 0.782. The number of nitrogens with zero attached hydrogens (tertiary/aromatic N) is 1. The molecular weight excluding hydrogens is 322 g/mol. The topological polar surface area (TPSA) is 91.7 Å². The fourth-order valence-corrected chi connectivity index (χ4v) is 2.94. The average Bonchev–Trinajstić information content (AvgIpc) is 2.92. The number of rotatable bonds is 7. The second kappa shape index (κ2) is 9.25. The van der Waals surface area contributed by atoms with E-state index in [0.717, 1.165) is 19.3 Å². The molecule has 1 saturated heterocycles. The maximum Gasteiger partial charge on any atom is 0.257 e. The van der Waals surface area contributed by atoms with Gasteiger partial charge in [-0.2, -0.15) is 0 Å². The number of furan rings is 1. The summed E-state index contributed by atoms with van der Waals surface area (Å²) in [6.45, 7) is 5.28. The molecule has 1 aliphatic rings. The van der Waals surface area contributed by atoms with Gasteiger partial charge < -0.3 is 20.0 Å². The molecule has 3 amide bonds. The predicted molar refractivity (Wildman–Crippen MR) is 93.0 cm³/mol. The Morgan fingerprint density at radius 3 is 2.84 bits per heavy atom. The van der Waals surface area contributed by atoms with Gasteiger partial charge in [-0.25, -0.2) is 0 Å². The van der Waals surface area contributed by atoms with Crippen LogP contribution in [-0.2, 0) is 9.59 Å². The van der Waals surface area contributed by atoms with Crippen molar-refractivity contribution in [1.82, 2.24) is 15.5 Å². The molecule has 0 radical (unpaired) electrons. The van der Waals surface area contributed by atoms with E-state index >= 15 is 0 Å². The zero-order chi connectivity index (χ0) is 18.2. The molecule has 1 fully saturated rings. The lowest BCUT2D eigenvalue weighted by atomic mass is 10.1. The van der Waals surface area contributed by atoms with E-state index in [0.29, 0.717) is 37.4 Å². The maximum absolute atomic E-state index is 12.6. The van der Waals surface area contributed by atoms with E-state index in [1.54, 1.807) is 17.9 Å². The highest BCUT2D eigenvalue weighted by molar-refractivity contribution is 5.95. The Bertz CT molecular complexity index is 611. The first-order valence-electron chi connectivity index (χ1n) is 8.93. The number of hydrogen-bond acceptors (Lipinski definition) is 4. The predicted octanol–water partition coefficient (Wildman–Crippen LogP) is 1.62. The van der Waals surface area contributed by atoms with Crippen LogP contribution in [0, 0.1) is 6.92 Å². The van der Waals surface area contributed by atoms with Crippen molar-refractivity contribution in [3.05, 3.63) is 23.7 Å². The Kier molecular flexibility index (Phi) is 7.03. The molecule has 1 aromatic heterocycles. The zero-order valence-corrected chi connectivity index (χ0v) is 15.0. The lowest BCUT2D eigenvalue weighted by Gasteiger charge is -2.22. The molecule has 1 unspecified atom stereocenters. The molecule has 0 aromatic carbocycles. The third-order valence-corrected chi connectivity index (χ3v) is 4.35. The summed E-state index contributed by atoms with van der Waals surface area (Å²) in [5.74, 6) is 0.111. The van der Waals surface area contributed by atoms with Gasteiger partial charge in [0.05, 0.1) is 11.8 Å². The van der Waals surface area contributed by atoms with Crippen LogP contribution in [0.3, 0.4) is 0 Å². The SMILES string of the molecule is CCCN(CCC(=O)NC1CCCCNC1=O)C(=O)c1ccoc1C. The number of amides is 3. The van der Waals surface area contributed by atoms with Crippen LogP contribution in [0.5, 0.6) is 0 Å². The van der Waals surface area contributed by atoms with Crippen molar-refractivity contribution < 1.29 is 18.8 Å². The minimum atomic E-state index is -0.471. The first-order chi connectivity index (χ1) is 12.0. The third-order valence-electron chi connectivity index (χ3n) is 4.35. The molecule has 2 rings (SSSR count). The van der Waals surface area contributed by atoms with Crippen molar-refractivity contribution >= 4 is 17.7 Å². The molecule has 2 heterocycles. The van der Waals surface area contributed by atoms with Crippen molar-refractivity contribution in [2.45, 2.75) is 52.0 Å². The van der Waals surface area contributed by atoms with E-state index in [4.69, 9.17) is 4.42 Å². The highest BCUT2D eigenvalue weighted by Crippen LogP contribution is 2.13. The highest BCUT2D eigenvalue weighted by Gasteiger charge is 2.23. The Labute approximate surface area is 148 Å². The normalized spacial score (nSPS) is 17.5. The number of nitrogens with one attached hydrogen (secondary N) is 2.